The number of unbranched alkanes of at least 4 members (excludes halogenated alkanes) is 2. The van der Waals surface area contributed by atoms with Gasteiger partial charge in [0.05, 0.1) is 24.8 Å². The summed E-state index contributed by atoms with van der Waals surface area (Å²) in [6.45, 7) is 10.4. The lowest BCUT2D eigenvalue weighted by molar-refractivity contribution is -0.256. The topological polar surface area (TPSA) is 119 Å². The molecule has 1 fully saturated rings. The molecular weight excluding hydrogens is 728 g/mol. The van der Waals surface area contributed by atoms with E-state index in [1.165, 1.54) is 24.8 Å². The van der Waals surface area contributed by atoms with Crippen LogP contribution in [-0.4, -0.2) is 72.3 Å². The third-order valence-electron chi connectivity index (χ3n) is 11.7. The van der Waals surface area contributed by atoms with E-state index >= 15 is 0 Å². The second-order valence-corrected chi connectivity index (χ2v) is 15.3. The summed E-state index contributed by atoms with van der Waals surface area (Å²) in [6.07, 6.45) is 8.18. The molecule has 3 aromatic rings. The van der Waals surface area contributed by atoms with Crippen molar-refractivity contribution in [3.05, 3.63) is 113 Å². The van der Waals surface area contributed by atoms with Crippen LogP contribution < -0.4 is 9.47 Å². The quantitative estimate of drug-likeness (QED) is 0.0745. The van der Waals surface area contributed by atoms with Crippen molar-refractivity contribution in [3.8, 4) is 17.2 Å². The Kier molecular flexibility index (Phi) is 14.1. The lowest BCUT2D eigenvalue weighted by Crippen LogP contribution is -2.70. The Bertz CT molecular complexity index is 1910. The summed E-state index contributed by atoms with van der Waals surface area (Å²) in [4.78, 5) is 21.4. The van der Waals surface area contributed by atoms with Gasteiger partial charge in [0, 0.05) is 37.7 Å². The summed E-state index contributed by atoms with van der Waals surface area (Å²) in [5.41, 5.74) is 5.54. The summed E-state index contributed by atoms with van der Waals surface area (Å²) < 4.78 is 40.6. The average molecular weight is 785 g/mol. The minimum Gasteiger partial charge on any atom is -0.459 e. The first-order valence-corrected chi connectivity index (χ1v) is 20.2. The molecule has 0 aromatic heterocycles. The molecule has 306 valence electrons. The van der Waals surface area contributed by atoms with Gasteiger partial charge in [-0.15, -0.1) is 6.58 Å². The molecule has 2 aliphatic carbocycles. The van der Waals surface area contributed by atoms with Crippen LogP contribution in [0.4, 0.5) is 9.18 Å². The van der Waals surface area contributed by atoms with Crippen LogP contribution in [0.25, 0.3) is 0 Å². The third-order valence-corrected chi connectivity index (χ3v) is 11.7. The number of carbonyl (C=O) groups is 1. The van der Waals surface area contributed by atoms with Crippen LogP contribution in [0.2, 0.25) is 0 Å². The number of aryl methyl sites for hydroxylation is 2. The van der Waals surface area contributed by atoms with Gasteiger partial charge in [0.2, 0.25) is 5.79 Å². The first kappa shape index (κ1) is 41.9. The summed E-state index contributed by atoms with van der Waals surface area (Å²) >= 11 is 0. The number of rotatable bonds is 18. The molecule has 0 spiro atoms. The van der Waals surface area contributed by atoms with Crippen molar-refractivity contribution in [1.29, 1.82) is 0 Å². The number of aliphatic hydroxyl groups is 2. The zero-order valence-corrected chi connectivity index (χ0v) is 33.6. The molecular formula is C46H57FN2O8. The number of hydrogen-bond donors (Lipinski definition) is 2. The van der Waals surface area contributed by atoms with Gasteiger partial charge in [-0.25, -0.2) is 9.18 Å². The molecule has 0 radical (unpaired) electrons. The van der Waals surface area contributed by atoms with Gasteiger partial charge in [-0.2, -0.15) is 0 Å². The molecule has 6 unspecified atom stereocenters. The highest BCUT2D eigenvalue weighted by molar-refractivity contribution is 6.03. The number of halogens is 1. The Hall–Kier alpha value is -4.71. The fourth-order valence-corrected chi connectivity index (χ4v) is 9.03. The van der Waals surface area contributed by atoms with Crippen LogP contribution >= 0.6 is 0 Å². The van der Waals surface area contributed by atoms with E-state index in [4.69, 9.17) is 23.8 Å². The molecule has 10 nitrogen and oxygen atoms in total. The Morgan fingerprint density at radius 3 is 2.40 bits per heavy atom. The molecule has 2 N–H and O–H groups in total. The number of benzene rings is 3. The van der Waals surface area contributed by atoms with Gasteiger partial charge < -0.3 is 34.0 Å². The number of carbonyl (C=O) groups excluding carboxylic acids is 1. The standard InChI is InChI=1S/C46H57FN2O8/c1-6-24-55-46-42(49(45(52)54-7-2)29-32-15-17-34(47)18-16-32)28-40(48-53-5)38-26-33(12-8-10-22-50)37(13-9-11-23-51)43(44(38)46)39-27-36(20-21-41(39)57-46)56-35-19-14-30(3)31(4)25-35/h6,14-21,25-27,33,37,42-44,50-51H,1,7-13,22-24,28-29H2,2-5H3. The maximum Gasteiger partial charge on any atom is 0.410 e. The number of hydrogen-bond acceptors (Lipinski definition) is 9. The zero-order valence-electron chi connectivity index (χ0n) is 33.6. The van der Waals surface area contributed by atoms with Gasteiger partial charge in [-0.05, 0) is 123 Å². The molecule has 57 heavy (non-hydrogen) atoms. The largest absolute Gasteiger partial charge is 0.459 e. The molecule has 6 rings (SSSR count). The van der Waals surface area contributed by atoms with E-state index in [-0.39, 0.29) is 63.0 Å². The molecule has 0 bridgehead atoms. The van der Waals surface area contributed by atoms with Crippen molar-refractivity contribution < 1.29 is 43.2 Å². The molecule has 1 heterocycles. The van der Waals surface area contributed by atoms with Gasteiger partial charge in [0.25, 0.3) is 0 Å². The number of allylic oxidation sites excluding steroid dienone is 1. The lowest BCUT2D eigenvalue weighted by Gasteiger charge is -2.59. The highest BCUT2D eigenvalue weighted by Gasteiger charge is 2.65. The van der Waals surface area contributed by atoms with Crippen molar-refractivity contribution in [2.75, 3.05) is 33.5 Å². The molecule has 0 saturated heterocycles. The predicted octanol–water partition coefficient (Wildman–Crippen LogP) is 9.16. The van der Waals surface area contributed by atoms with Crippen LogP contribution in [0.3, 0.4) is 0 Å². The van der Waals surface area contributed by atoms with E-state index in [1.54, 1.807) is 30.0 Å². The smallest absolute Gasteiger partial charge is 0.410 e. The van der Waals surface area contributed by atoms with Gasteiger partial charge >= 0.3 is 6.09 Å². The second kappa shape index (κ2) is 19.2. The molecule has 1 saturated carbocycles. The molecule has 6 atom stereocenters. The number of oxime groups is 1. The van der Waals surface area contributed by atoms with Gasteiger partial charge in [-0.3, -0.25) is 4.90 Å². The summed E-state index contributed by atoms with van der Waals surface area (Å²) in [5, 5.41) is 24.3. The third kappa shape index (κ3) is 9.06. The van der Waals surface area contributed by atoms with E-state index in [0.717, 1.165) is 48.1 Å². The van der Waals surface area contributed by atoms with Crippen molar-refractivity contribution in [1.82, 2.24) is 4.90 Å². The zero-order chi connectivity index (χ0) is 40.5. The lowest BCUT2D eigenvalue weighted by atomic mass is 9.55. The molecule has 11 heteroatoms. The number of fused-ring (bicyclic) bond motifs is 2. The van der Waals surface area contributed by atoms with E-state index in [0.29, 0.717) is 35.6 Å². The van der Waals surface area contributed by atoms with Gasteiger partial charge in [0.1, 0.15) is 36.2 Å². The normalized spacial score (nSPS) is 24.1. The van der Waals surface area contributed by atoms with Crippen molar-refractivity contribution in [2.45, 2.75) is 90.0 Å². The van der Waals surface area contributed by atoms with Crippen LogP contribution in [0.15, 0.2) is 90.1 Å². The van der Waals surface area contributed by atoms with Crippen LogP contribution in [0.5, 0.6) is 17.2 Å². The SMILES string of the molecule is C=CCOC12Oc3ccc(Oc4ccc(C)c(C)c4)cc3C3C(CCCCO)C(CCCCO)C=C(C(=NOC)CC1N(Cc1ccc(F)cc1)C(=O)OCC)C32. The maximum atomic E-state index is 14.2. The highest BCUT2D eigenvalue weighted by Crippen LogP contribution is 2.62. The number of amides is 1. The molecule has 3 aromatic carbocycles. The second-order valence-electron chi connectivity index (χ2n) is 15.3. The maximum absolute atomic E-state index is 14.2. The highest BCUT2D eigenvalue weighted by atomic mass is 19.1. The van der Waals surface area contributed by atoms with Crippen molar-refractivity contribution in [3.63, 3.8) is 0 Å². The monoisotopic (exact) mass is 784 g/mol. The minimum atomic E-state index is -1.46. The Morgan fingerprint density at radius 1 is 1.00 bits per heavy atom. The summed E-state index contributed by atoms with van der Waals surface area (Å²) in [6, 6.07) is 17.2. The number of aliphatic hydroxyl groups excluding tert-OH is 2. The van der Waals surface area contributed by atoms with E-state index in [1.807, 2.05) is 30.3 Å². The number of ether oxygens (including phenoxy) is 4. The Morgan fingerprint density at radius 2 is 1.72 bits per heavy atom. The fraction of sp³-hybridized carbons (Fsp3) is 0.478. The first-order valence-electron chi connectivity index (χ1n) is 20.2. The van der Waals surface area contributed by atoms with E-state index in [9.17, 15) is 19.4 Å². The molecule has 1 amide bonds. The van der Waals surface area contributed by atoms with E-state index < -0.39 is 23.8 Å². The van der Waals surface area contributed by atoms with Crippen molar-refractivity contribution >= 4 is 11.8 Å². The predicted molar refractivity (Wildman–Crippen MR) is 217 cm³/mol. The number of nitrogens with zero attached hydrogens (tertiary/aromatic N) is 2. The Balaban J connectivity index is 1.59. The van der Waals surface area contributed by atoms with E-state index in [2.05, 4.69) is 37.7 Å². The average Bonchev–Trinajstić information content (AvgIpc) is 3.20. The van der Waals surface area contributed by atoms with Crippen LogP contribution in [0.1, 0.15) is 80.0 Å². The van der Waals surface area contributed by atoms with Crippen molar-refractivity contribution in [2.24, 2.45) is 22.9 Å². The molecule has 1 aliphatic heterocycles. The first-order chi connectivity index (χ1) is 27.7. The minimum absolute atomic E-state index is 0.0471. The van der Waals surface area contributed by atoms with Crippen LogP contribution in [0, 0.1) is 37.4 Å². The van der Waals surface area contributed by atoms with Crippen LogP contribution in [-0.2, 0) is 20.9 Å². The van der Waals surface area contributed by atoms with Gasteiger partial charge in [0.15, 0.2) is 0 Å². The molecule has 3 aliphatic rings. The summed E-state index contributed by atoms with van der Waals surface area (Å²) in [7, 11) is 1.51. The summed E-state index contributed by atoms with van der Waals surface area (Å²) in [5.74, 6) is -0.437. The Labute approximate surface area is 335 Å². The fourth-order valence-electron chi connectivity index (χ4n) is 9.03. The van der Waals surface area contributed by atoms with Gasteiger partial charge in [-0.1, -0.05) is 48.3 Å².